The van der Waals surface area contributed by atoms with Crippen molar-refractivity contribution in [2.45, 2.75) is 40.2 Å². The van der Waals surface area contributed by atoms with Crippen LogP contribution in [0.3, 0.4) is 0 Å². The van der Waals surface area contributed by atoms with Crippen molar-refractivity contribution in [1.29, 1.82) is 5.26 Å². The molecule has 0 aromatic carbocycles. The Kier molecular flexibility index (Phi) is 5.13. The molecular formula is C10H18N2O. The molecule has 0 spiro atoms. The van der Waals surface area contributed by atoms with Crippen LogP contribution in [0.15, 0.2) is 0 Å². The number of nitrogens with one attached hydrogen (secondary N) is 1. The predicted molar refractivity (Wildman–Crippen MR) is 51.8 cm³/mol. The van der Waals surface area contributed by atoms with Crippen molar-refractivity contribution in [1.82, 2.24) is 5.32 Å². The van der Waals surface area contributed by atoms with Gasteiger partial charge in [-0.15, -0.1) is 0 Å². The molecule has 2 atom stereocenters. The van der Waals surface area contributed by atoms with E-state index in [0.717, 1.165) is 6.42 Å². The van der Waals surface area contributed by atoms with Crippen LogP contribution in [0.2, 0.25) is 0 Å². The van der Waals surface area contributed by atoms with Gasteiger partial charge in [0.1, 0.15) is 6.04 Å². The van der Waals surface area contributed by atoms with Crippen LogP contribution in [0.25, 0.3) is 0 Å². The molecule has 74 valence electrons. The lowest BCUT2D eigenvalue weighted by Crippen LogP contribution is -2.40. The van der Waals surface area contributed by atoms with Crippen LogP contribution in [0, 0.1) is 23.2 Å². The minimum atomic E-state index is -0.360. The summed E-state index contributed by atoms with van der Waals surface area (Å²) in [4.78, 5) is 11.4. The normalized spacial score (nSPS) is 14.8. The molecule has 0 aromatic heterocycles. The summed E-state index contributed by atoms with van der Waals surface area (Å²) in [6.07, 6.45) is 0.808. The Bertz CT molecular complexity index is 205. The topological polar surface area (TPSA) is 52.9 Å². The lowest BCUT2D eigenvalue weighted by atomic mass is 10.0. The molecule has 0 saturated heterocycles. The molecule has 0 rings (SSSR count). The van der Waals surface area contributed by atoms with Gasteiger partial charge < -0.3 is 5.32 Å². The highest BCUT2D eigenvalue weighted by atomic mass is 16.1. The van der Waals surface area contributed by atoms with E-state index in [4.69, 9.17) is 5.26 Å². The van der Waals surface area contributed by atoms with Gasteiger partial charge in [-0.3, -0.25) is 4.79 Å². The largest absolute Gasteiger partial charge is 0.340 e. The van der Waals surface area contributed by atoms with Crippen LogP contribution in [0.5, 0.6) is 0 Å². The van der Waals surface area contributed by atoms with Gasteiger partial charge in [-0.25, -0.2) is 0 Å². The average Bonchev–Trinajstić information content (AvgIpc) is 2.11. The standard InChI is InChI=1S/C10H18N2O/c1-5-8(4)10(13)12-9(6-11)7(2)3/h7-9H,5H2,1-4H3,(H,12,13). The Morgan fingerprint density at radius 1 is 1.46 bits per heavy atom. The quantitative estimate of drug-likeness (QED) is 0.719. The molecule has 0 heterocycles. The number of hydrogen-bond donors (Lipinski definition) is 1. The molecule has 13 heavy (non-hydrogen) atoms. The van der Waals surface area contributed by atoms with Crippen LogP contribution in [0.4, 0.5) is 0 Å². The third-order valence-corrected chi connectivity index (χ3v) is 2.16. The van der Waals surface area contributed by atoms with E-state index in [1.54, 1.807) is 0 Å². The zero-order valence-electron chi connectivity index (χ0n) is 8.79. The van der Waals surface area contributed by atoms with Crippen molar-refractivity contribution in [3.8, 4) is 6.07 Å². The zero-order chi connectivity index (χ0) is 10.4. The molecule has 3 heteroatoms. The van der Waals surface area contributed by atoms with Crippen LogP contribution in [-0.4, -0.2) is 11.9 Å². The predicted octanol–water partition coefficient (Wildman–Crippen LogP) is 1.70. The number of carbonyl (C=O) groups is 1. The lowest BCUT2D eigenvalue weighted by Gasteiger charge is -2.17. The maximum Gasteiger partial charge on any atom is 0.223 e. The lowest BCUT2D eigenvalue weighted by molar-refractivity contribution is -0.125. The van der Waals surface area contributed by atoms with E-state index in [1.165, 1.54) is 0 Å². The first-order valence-electron chi connectivity index (χ1n) is 4.72. The Labute approximate surface area is 80.1 Å². The van der Waals surface area contributed by atoms with Crippen molar-refractivity contribution < 1.29 is 4.79 Å². The van der Waals surface area contributed by atoms with Gasteiger partial charge in [0.25, 0.3) is 0 Å². The smallest absolute Gasteiger partial charge is 0.223 e. The molecule has 0 aliphatic heterocycles. The molecule has 0 saturated carbocycles. The average molecular weight is 182 g/mol. The van der Waals surface area contributed by atoms with Crippen LogP contribution >= 0.6 is 0 Å². The van der Waals surface area contributed by atoms with E-state index < -0.39 is 0 Å². The minimum Gasteiger partial charge on any atom is -0.340 e. The molecule has 0 aliphatic carbocycles. The number of rotatable bonds is 4. The summed E-state index contributed by atoms with van der Waals surface area (Å²) in [5, 5.41) is 11.5. The van der Waals surface area contributed by atoms with E-state index in [-0.39, 0.29) is 23.8 Å². The van der Waals surface area contributed by atoms with Gasteiger partial charge >= 0.3 is 0 Å². The summed E-state index contributed by atoms with van der Waals surface area (Å²) < 4.78 is 0. The summed E-state index contributed by atoms with van der Waals surface area (Å²) >= 11 is 0. The van der Waals surface area contributed by atoms with Gasteiger partial charge in [0.2, 0.25) is 5.91 Å². The second kappa shape index (κ2) is 5.58. The summed E-state index contributed by atoms with van der Waals surface area (Å²) in [5.74, 6) is 0.135. The second-order valence-corrected chi connectivity index (χ2v) is 3.67. The Morgan fingerprint density at radius 3 is 2.31 bits per heavy atom. The monoisotopic (exact) mass is 182 g/mol. The van der Waals surface area contributed by atoms with Gasteiger partial charge in [0.05, 0.1) is 6.07 Å². The molecular weight excluding hydrogens is 164 g/mol. The fourth-order valence-corrected chi connectivity index (χ4v) is 0.829. The molecule has 0 aliphatic rings. The number of nitriles is 1. The minimum absolute atomic E-state index is 0.00500. The van der Waals surface area contributed by atoms with Gasteiger partial charge in [-0.05, 0) is 12.3 Å². The van der Waals surface area contributed by atoms with E-state index in [9.17, 15) is 4.79 Å². The highest BCUT2D eigenvalue weighted by Gasteiger charge is 2.18. The third kappa shape index (κ3) is 3.93. The van der Waals surface area contributed by atoms with E-state index in [2.05, 4.69) is 11.4 Å². The Hall–Kier alpha value is -1.04. The first kappa shape index (κ1) is 12.0. The molecule has 3 nitrogen and oxygen atoms in total. The summed E-state index contributed by atoms with van der Waals surface area (Å²) in [5.41, 5.74) is 0. The number of amides is 1. The van der Waals surface area contributed by atoms with Crippen molar-refractivity contribution in [3.05, 3.63) is 0 Å². The van der Waals surface area contributed by atoms with Gasteiger partial charge in [-0.1, -0.05) is 27.7 Å². The van der Waals surface area contributed by atoms with Crippen LogP contribution < -0.4 is 5.32 Å². The molecule has 0 bridgehead atoms. The summed E-state index contributed by atoms with van der Waals surface area (Å²) in [6, 6.07) is 1.72. The highest BCUT2D eigenvalue weighted by Crippen LogP contribution is 2.04. The molecule has 0 radical (unpaired) electrons. The van der Waals surface area contributed by atoms with Gasteiger partial charge in [0.15, 0.2) is 0 Å². The van der Waals surface area contributed by atoms with Gasteiger partial charge in [-0.2, -0.15) is 5.26 Å². The van der Waals surface area contributed by atoms with Crippen molar-refractivity contribution >= 4 is 5.91 Å². The van der Waals surface area contributed by atoms with Gasteiger partial charge in [0, 0.05) is 5.92 Å². The molecule has 2 unspecified atom stereocenters. The zero-order valence-corrected chi connectivity index (χ0v) is 8.79. The second-order valence-electron chi connectivity index (χ2n) is 3.67. The van der Waals surface area contributed by atoms with E-state index in [0.29, 0.717) is 0 Å². The third-order valence-electron chi connectivity index (χ3n) is 2.16. The molecule has 1 amide bonds. The van der Waals surface area contributed by atoms with Crippen LogP contribution in [0.1, 0.15) is 34.1 Å². The Balaban J connectivity index is 4.11. The summed E-state index contributed by atoms with van der Waals surface area (Å²) in [6.45, 7) is 7.67. The van der Waals surface area contributed by atoms with Crippen molar-refractivity contribution in [3.63, 3.8) is 0 Å². The van der Waals surface area contributed by atoms with Crippen molar-refractivity contribution in [2.24, 2.45) is 11.8 Å². The number of nitrogens with zero attached hydrogens (tertiary/aromatic N) is 1. The first-order valence-corrected chi connectivity index (χ1v) is 4.72. The van der Waals surface area contributed by atoms with E-state index >= 15 is 0 Å². The fraction of sp³-hybridized carbons (Fsp3) is 0.800. The Morgan fingerprint density at radius 2 is 2.00 bits per heavy atom. The highest BCUT2D eigenvalue weighted by molar-refractivity contribution is 5.78. The van der Waals surface area contributed by atoms with Crippen molar-refractivity contribution in [2.75, 3.05) is 0 Å². The molecule has 1 N–H and O–H groups in total. The van der Waals surface area contributed by atoms with E-state index in [1.807, 2.05) is 27.7 Å². The van der Waals surface area contributed by atoms with Crippen LogP contribution in [-0.2, 0) is 4.79 Å². The fourth-order valence-electron chi connectivity index (χ4n) is 0.829. The molecule has 0 fully saturated rings. The maximum absolute atomic E-state index is 11.4. The SMILES string of the molecule is CCC(C)C(=O)NC(C#N)C(C)C. The first-order chi connectivity index (χ1) is 6.02. The number of hydrogen-bond acceptors (Lipinski definition) is 2. The summed E-state index contributed by atoms with van der Waals surface area (Å²) in [7, 11) is 0. The number of carbonyl (C=O) groups excluding carboxylic acids is 1. The molecule has 0 aromatic rings. The maximum atomic E-state index is 11.4.